The van der Waals surface area contributed by atoms with Crippen LogP contribution in [0.15, 0.2) is 0 Å². The summed E-state index contributed by atoms with van der Waals surface area (Å²) < 4.78 is 0. The molecule has 2 aliphatic rings. The van der Waals surface area contributed by atoms with Gasteiger partial charge in [0.05, 0.1) is 18.7 Å². The molecule has 1 saturated heterocycles. The number of hydrogen-bond donors (Lipinski definition) is 2. The predicted molar refractivity (Wildman–Crippen MR) is 84.0 cm³/mol. The summed E-state index contributed by atoms with van der Waals surface area (Å²) in [5.74, 6) is 0.246. The summed E-state index contributed by atoms with van der Waals surface area (Å²) in [5.41, 5.74) is -0.711. The van der Waals surface area contributed by atoms with Crippen LogP contribution >= 0.6 is 0 Å². The molecule has 1 aliphatic heterocycles. The molecule has 22 heavy (non-hydrogen) atoms. The Morgan fingerprint density at radius 3 is 2.68 bits per heavy atom. The van der Waals surface area contributed by atoms with E-state index in [9.17, 15) is 15.2 Å². The van der Waals surface area contributed by atoms with Crippen molar-refractivity contribution in [3.8, 4) is 6.07 Å². The highest BCUT2D eigenvalue weighted by Gasteiger charge is 2.43. The van der Waals surface area contributed by atoms with E-state index in [4.69, 9.17) is 0 Å². The average Bonchev–Trinajstić information content (AvgIpc) is 3.26. The Morgan fingerprint density at radius 1 is 1.50 bits per heavy atom. The molecule has 1 saturated carbocycles. The minimum absolute atomic E-state index is 0.0628. The maximum atomic E-state index is 12.2. The monoisotopic (exact) mass is 308 g/mol. The van der Waals surface area contributed by atoms with Gasteiger partial charge in [-0.3, -0.25) is 14.6 Å². The molecule has 0 aromatic heterocycles. The molecule has 3 atom stereocenters. The molecule has 0 aromatic rings. The Bertz CT molecular complexity index is 444. The molecule has 6 nitrogen and oxygen atoms in total. The zero-order valence-electron chi connectivity index (χ0n) is 13.9. The van der Waals surface area contributed by atoms with E-state index in [1.165, 1.54) is 0 Å². The fourth-order valence-corrected chi connectivity index (χ4v) is 3.24. The van der Waals surface area contributed by atoms with Crippen LogP contribution in [0.25, 0.3) is 0 Å². The van der Waals surface area contributed by atoms with Crippen LogP contribution in [0.2, 0.25) is 0 Å². The first-order valence-electron chi connectivity index (χ1n) is 8.21. The van der Waals surface area contributed by atoms with E-state index in [0.717, 1.165) is 32.5 Å². The van der Waals surface area contributed by atoms with Crippen LogP contribution in [0.3, 0.4) is 0 Å². The summed E-state index contributed by atoms with van der Waals surface area (Å²) in [4.78, 5) is 16.6. The fraction of sp³-hybridized carbons (Fsp3) is 0.875. The number of carbonyl (C=O) groups is 1. The smallest absolute Gasteiger partial charge is 0.235 e. The van der Waals surface area contributed by atoms with E-state index >= 15 is 0 Å². The number of rotatable bonds is 6. The lowest BCUT2D eigenvalue weighted by Crippen LogP contribution is -2.56. The highest BCUT2D eigenvalue weighted by Crippen LogP contribution is 2.39. The zero-order valence-corrected chi connectivity index (χ0v) is 13.9. The van der Waals surface area contributed by atoms with Crippen LogP contribution < -0.4 is 5.32 Å². The summed E-state index contributed by atoms with van der Waals surface area (Å²) in [6.45, 7) is 9.25. The van der Waals surface area contributed by atoms with Crippen LogP contribution in [0, 0.1) is 17.2 Å². The van der Waals surface area contributed by atoms with E-state index in [1.54, 1.807) is 6.92 Å². The van der Waals surface area contributed by atoms with E-state index in [2.05, 4.69) is 28.1 Å². The van der Waals surface area contributed by atoms with Crippen molar-refractivity contribution >= 4 is 5.91 Å². The molecule has 1 amide bonds. The molecule has 2 N–H and O–H groups in total. The number of β-amino-alcohol motifs (C(OH)–C–C–N with tert-alkyl or cyclic N) is 1. The van der Waals surface area contributed by atoms with Gasteiger partial charge in [0, 0.05) is 32.2 Å². The first kappa shape index (κ1) is 17.2. The van der Waals surface area contributed by atoms with Gasteiger partial charge in [0.15, 0.2) is 0 Å². The van der Waals surface area contributed by atoms with Crippen LogP contribution in [-0.2, 0) is 4.79 Å². The lowest BCUT2D eigenvalue weighted by Gasteiger charge is -2.40. The Kier molecular flexibility index (Phi) is 5.43. The molecule has 2 fully saturated rings. The van der Waals surface area contributed by atoms with Crippen molar-refractivity contribution in [1.82, 2.24) is 15.1 Å². The molecule has 1 heterocycles. The van der Waals surface area contributed by atoms with Crippen LogP contribution in [-0.4, -0.2) is 71.2 Å². The van der Waals surface area contributed by atoms with Gasteiger partial charge in [-0.25, -0.2) is 0 Å². The SMILES string of the molecule is C[C@H](O)CN1CCN(CC(=O)N[C@](C)(C#N)C2CC2)C[C@H]1C. The summed E-state index contributed by atoms with van der Waals surface area (Å²) in [5, 5.41) is 21.7. The number of carbonyl (C=O) groups excluding carboxylic acids is 1. The van der Waals surface area contributed by atoms with E-state index in [0.29, 0.717) is 25.0 Å². The van der Waals surface area contributed by atoms with Gasteiger partial charge in [0.25, 0.3) is 0 Å². The van der Waals surface area contributed by atoms with Crippen molar-refractivity contribution in [3.63, 3.8) is 0 Å². The van der Waals surface area contributed by atoms with E-state index in [-0.39, 0.29) is 12.0 Å². The maximum absolute atomic E-state index is 12.2. The number of hydrogen-bond acceptors (Lipinski definition) is 5. The van der Waals surface area contributed by atoms with Gasteiger partial charge in [-0.05, 0) is 39.5 Å². The predicted octanol–water partition coefficient (Wildman–Crippen LogP) is 0.182. The second-order valence-electron chi connectivity index (χ2n) is 7.06. The summed E-state index contributed by atoms with van der Waals surface area (Å²) in [7, 11) is 0. The van der Waals surface area contributed by atoms with Crippen molar-refractivity contribution in [2.75, 3.05) is 32.7 Å². The van der Waals surface area contributed by atoms with Crippen molar-refractivity contribution in [2.24, 2.45) is 5.92 Å². The van der Waals surface area contributed by atoms with E-state index in [1.807, 2.05) is 6.92 Å². The number of aliphatic hydroxyl groups is 1. The van der Waals surface area contributed by atoms with Gasteiger partial charge >= 0.3 is 0 Å². The molecule has 0 radical (unpaired) electrons. The summed E-state index contributed by atoms with van der Waals surface area (Å²) in [6.07, 6.45) is 1.73. The van der Waals surface area contributed by atoms with Crippen molar-refractivity contribution in [1.29, 1.82) is 5.26 Å². The molecule has 124 valence electrons. The fourth-order valence-electron chi connectivity index (χ4n) is 3.24. The number of nitriles is 1. The van der Waals surface area contributed by atoms with Crippen LogP contribution in [0.4, 0.5) is 0 Å². The van der Waals surface area contributed by atoms with Crippen LogP contribution in [0.1, 0.15) is 33.6 Å². The Labute approximate surface area is 133 Å². The average molecular weight is 308 g/mol. The Morgan fingerprint density at radius 2 is 2.18 bits per heavy atom. The molecule has 2 rings (SSSR count). The summed E-state index contributed by atoms with van der Waals surface area (Å²) in [6, 6.07) is 2.58. The molecule has 0 aromatic carbocycles. The van der Waals surface area contributed by atoms with Gasteiger partial charge < -0.3 is 10.4 Å². The van der Waals surface area contributed by atoms with Gasteiger partial charge in [-0.2, -0.15) is 5.26 Å². The molecule has 1 aliphatic carbocycles. The first-order chi connectivity index (χ1) is 10.3. The highest BCUT2D eigenvalue weighted by molar-refractivity contribution is 5.79. The second kappa shape index (κ2) is 6.95. The minimum Gasteiger partial charge on any atom is -0.392 e. The minimum atomic E-state index is -0.711. The number of nitrogens with one attached hydrogen (secondary N) is 1. The second-order valence-corrected chi connectivity index (χ2v) is 7.06. The third-order valence-electron chi connectivity index (χ3n) is 4.74. The number of piperazine rings is 1. The van der Waals surface area contributed by atoms with Crippen molar-refractivity contribution in [3.05, 3.63) is 0 Å². The van der Waals surface area contributed by atoms with Gasteiger partial charge in [-0.15, -0.1) is 0 Å². The quantitative estimate of drug-likeness (QED) is 0.732. The van der Waals surface area contributed by atoms with Crippen molar-refractivity contribution < 1.29 is 9.90 Å². The van der Waals surface area contributed by atoms with Gasteiger partial charge in [0.2, 0.25) is 5.91 Å². The molecular weight excluding hydrogens is 280 g/mol. The Hall–Kier alpha value is -1.16. The largest absolute Gasteiger partial charge is 0.392 e. The topological polar surface area (TPSA) is 79.6 Å². The third kappa shape index (κ3) is 4.42. The van der Waals surface area contributed by atoms with Gasteiger partial charge in [-0.1, -0.05) is 0 Å². The van der Waals surface area contributed by atoms with E-state index < -0.39 is 5.54 Å². The summed E-state index contributed by atoms with van der Waals surface area (Å²) >= 11 is 0. The lowest BCUT2D eigenvalue weighted by atomic mass is 9.98. The normalized spacial score (nSPS) is 27.7. The zero-order chi connectivity index (χ0) is 16.3. The number of amides is 1. The molecule has 6 heteroatoms. The molecule has 0 unspecified atom stereocenters. The number of nitrogens with zero attached hydrogens (tertiary/aromatic N) is 3. The highest BCUT2D eigenvalue weighted by atomic mass is 16.3. The maximum Gasteiger partial charge on any atom is 0.235 e. The Balaban J connectivity index is 1.80. The first-order valence-corrected chi connectivity index (χ1v) is 8.21. The molecular formula is C16H28N4O2. The molecule has 0 spiro atoms. The standard InChI is InChI=1S/C16H28N4O2/c1-12-8-19(6-7-20(12)9-13(2)21)10-15(22)18-16(3,11-17)14-4-5-14/h12-14,21H,4-10H2,1-3H3,(H,18,22)/t12-,13+,16-/m1/s1. The van der Waals surface area contributed by atoms with Crippen LogP contribution in [0.5, 0.6) is 0 Å². The van der Waals surface area contributed by atoms with Crippen molar-refractivity contribution in [2.45, 2.75) is 51.3 Å². The third-order valence-corrected chi connectivity index (χ3v) is 4.74. The molecule has 0 bridgehead atoms. The number of aliphatic hydroxyl groups excluding tert-OH is 1. The van der Waals surface area contributed by atoms with Gasteiger partial charge in [0.1, 0.15) is 5.54 Å². The lowest BCUT2D eigenvalue weighted by molar-refractivity contribution is -0.124.